The standard InChI is InChI=1S/C60H45N5/c1-38-14-13-18-47(36-38)42-26-32-45(33-27-42)59-62-58(44-30-24-41(25-31-44)40-15-5-3-6-16-40)63-60(64-59)46-34-28-43(29-35-46)55-54-51-22-11-12-23-52(51)65(49-19-7-4-8-20-49)57(54)53-39(2)37-48-17-9-10-21-50(48)56(53)61-55/h3-35,38-39H,36-37H2,1-2H3. The van der Waals surface area contributed by atoms with Crippen molar-refractivity contribution in [3.05, 3.63) is 217 Å². The van der Waals surface area contributed by atoms with E-state index >= 15 is 0 Å². The molecule has 2 unspecified atom stereocenters. The highest BCUT2D eigenvalue weighted by Crippen LogP contribution is 2.48. The molecule has 0 saturated carbocycles. The minimum Gasteiger partial charge on any atom is -0.309 e. The van der Waals surface area contributed by atoms with E-state index in [1.54, 1.807) is 0 Å². The minimum absolute atomic E-state index is 0.279. The van der Waals surface area contributed by atoms with Crippen LogP contribution in [0.1, 0.15) is 42.9 Å². The molecule has 5 heteroatoms. The van der Waals surface area contributed by atoms with Gasteiger partial charge in [0.2, 0.25) is 0 Å². The molecule has 2 atom stereocenters. The molecule has 7 aromatic carbocycles. The molecule has 0 bridgehead atoms. The van der Waals surface area contributed by atoms with E-state index < -0.39 is 0 Å². The van der Waals surface area contributed by atoms with E-state index in [-0.39, 0.29) is 5.92 Å². The van der Waals surface area contributed by atoms with Gasteiger partial charge in [0, 0.05) is 49.8 Å². The topological polar surface area (TPSA) is 56.5 Å². The molecule has 65 heavy (non-hydrogen) atoms. The summed E-state index contributed by atoms with van der Waals surface area (Å²) >= 11 is 0. The lowest BCUT2D eigenvalue weighted by Gasteiger charge is -2.27. The quantitative estimate of drug-likeness (QED) is 0.160. The number of aromatic nitrogens is 5. The molecule has 2 aliphatic carbocycles. The maximum absolute atomic E-state index is 5.68. The van der Waals surface area contributed by atoms with Crippen LogP contribution in [0.5, 0.6) is 0 Å². The molecule has 0 aliphatic heterocycles. The van der Waals surface area contributed by atoms with E-state index in [1.165, 1.54) is 55.2 Å². The molecule has 5 nitrogen and oxygen atoms in total. The molecule has 12 rings (SSSR count). The average Bonchev–Trinajstić information content (AvgIpc) is 3.72. The van der Waals surface area contributed by atoms with Crippen LogP contribution < -0.4 is 0 Å². The second-order valence-electron chi connectivity index (χ2n) is 17.6. The van der Waals surface area contributed by atoms with Crippen LogP contribution in [0.25, 0.3) is 101 Å². The molecule has 0 fully saturated rings. The lowest BCUT2D eigenvalue weighted by Crippen LogP contribution is -2.13. The fraction of sp³-hybridized carbons (Fsp3) is 0.100. The van der Waals surface area contributed by atoms with Crippen LogP contribution in [-0.2, 0) is 6.42 Å². The normalized spacial score (nSPS) is 15.4. The highest BCUT2D eigenvalue weighted by Gasteiger charge is 2.31. The van der Waals surface area contributed by atoms with Gasteiger partial charge < -0.3 is 4.57 Å². The van der Waals surface area contributed by atoms with Gasteiger partial charge in [0.25, 0.3) is 0 Å². The fourth-order valence-electron chi connectivity index (χ4n) is 10.0. The molecule has 0 N–H and O–H groups in total. The summed E-state index contributed by atoms with van der Waals surface area (Å²) in [5.41, 5.74) is 18.1. The maximum atomic E-state index is 5.68. The van der Waals surface area contributed by atoms with Crippen molar-refractivity contribution in [3.8, 4) is 73.5 Å². The number of nitrogens with zero attached hydrogens (tertiary/aromatic N) is 5. The number of rotatable bonds is 7. The number of benzene rings is 7. The number of para-hydroxylation sites is 2. The van der Waals surface area contributed by atoms with Gasteiger partial charge in [-0.2, -0.15) is 0 Å². The zero-order chi connectivity index (χ0) is 43.4. The third-order valence-electron chi connectivity index (χ3n) is 13.2. The van der Waals surface area contributed by atoms with Crippen molar-refractivity contribution in [3.63, 3.8) is 0 Å². The van der Waals surface area contributed by atoms with E-state index in [9.17, 15) is 0 Å². The van der Waals surface area contributed by atoms with E-state index in [4.69, 9.17) is 19.9 Å². The molecule has 10 aromatic rings. The average molecular weight is 836 g/mol. The predicted octanol–water partition coefficient (Wildman–Crippen LogP) is 15.0. The van der Waals surface area contributed by atoms with Crippen LogP contribution in [-0.4, -0.2) is 24.5 Å². The van der Waals surface area contributed by atoms with Crippen LogP contribution in [0, 0.1) is 5.92 Å². The third-order valence-corrected chi connectivity index (χ3v) is 13.2. The second kappa shape index (κ2) is 16.0. The summed E-state index contributed by atoms with van der Waals surface area (Å²) in [6.45, 7) is 4.62. The highest BCUT2D eigenvalue weighted by atomic mass is 15.0. The summed E-state index contributed by atoms with van der Waals surface area (Å²) in [4.78, 5) is 21.1. The lowest BCUT2D eigenvalue weighted by molar-refractivity contribution is 0.747. The summed E-state index contributed by atoms with van der Waals surface area (Å²) in [6.07, 6.45) is 8.65. The van der Waals surface area contributed by atoms with Crippen LogP contribution in [0.4, 0.5) is 0 Å². The van der Waals surface area contributed by atoms with E-state index in [2.05, 4.69) is 213 Å². The number of pyridine rings is 1. The lowest BCUT2D eigenvalue weighted by atomic mass is 9.80. The van der Waals surface area contributed by atoms with Crippen LogP contribution in [0.15, 0.2) is 200 Å². The second-order valence-corrected chi connectivity index (χ2v) is 17.6. The third kappa shape index (κ3) is 6.88. The van der Waals surface area contributed by atoms with Crippen molar-refractivity contribution in [2.45, 2.75) is 32.6 Å². The Morgan fingerprint density at radius 1 is 0.462 bits per heavy atom. The van der Waals surface area contributed by atoms with Gasteiger partial charge in [0.1, 0.15) is 0 Å². The highest BCUT2D eigenvalue weighted by molar-refractivity contribution is 6.17. The Hall–Kier alpha value is -8.02. The summed E-state index contributed by atoms with van der Waals surface area (Å²) < 4.78 is 2.46. The number of allylic oxidation sites excluding steroid dienone is 4. The molecule has 3 aromatic heterocycles. The molecule has 0 amide bonds. The first-order valence-electron chi connectivity index (χ1n) is 22.7. The van der Waals surface area contributed by atoms with Crippen molar-refractivity contribution in [1.82, 2.24) is 24.5 Å². The number of fused-ring (bicyclic) bond motifs is 7. The van der Waals surface area contributed by atoms with Crippen molar-refractivity contribution >= 4 is 27.4 Å². The Kier molecular flexibility index (Phi) is 9.49. The van der Waals surface area contributed by atoms with Gasteiger partial charge in [-0.3, -0.25) is 0 Å². The van der Waals surface area contributed by atoms with Crippen molar-refractivity contribution in [2.75, 3.05) is 0 Å². The summed E-state index contributed by atoms with van der Waals surface area (Å²) in [6, 6.07) is 64.6. The Morgan fingerprint density at radius 2 is 1.00 bits per heavy atom. The summed E-state index contributed by atoms with van der Waals surface area (Å²) in [7, 11) is 0. The van der Waals surface area contributed by atoms with Gasteiger partial charge in [-0.25, -0.2) is 19.9 Å². The van der Waals surface area contributed by atoms with E-state index in [0.717, 1.165) is 57.7 Å². The Labute approximate surface area is 379 Å². The molecule has 310 valence electrons. The Morgan fingerprint density at radius 3 is 1.66 bits per heavy atom. The Balaban J connectivity index is 1.01. The number of hydrogen-bond donors (Lipinski definition) is 0. The van der Waals surface area contributed by atoms with Crippen molar-refractivity contribution in [1.29, 1.82) is 0 Å². The van der Waals surface area contributed by atoms with E-state index in [0.29, 0.717) is 23.4 Å². The first-order valence-corrected chi connectivity index (χ1v) is 22.7. The summed E-state index contributed by atoms with van der Waals surface area (Å²) in [5, 5.41) is 2.36. The molecular weight excluding hydrogens is 791 g/mol. The van der Waals surface area contributed by atoms with Gasteiger partial charge in [-0.15, -0.1) is 0 Å². The first kappa shape index (κ1) is 38.6. The number of hydrogen-bond acceptors (Lipinski definition) is 4. The summed E-state index contributed by atoms with van der Waals surface area (Å²) in [5.74, 6) is 2.69. The van der Waals surface area contributed by atoms with Gasteiger partial charge in [-0.05, 0) is 70.7 Å². The predicted molar refractivity (Wildman–Crippen MR) is 268 cm³/mol. The van der Waals surface area contributed by atoms with E-state index in [1.807, 2.05) is 6.07 Å². The van der Waals surface area contributed by atoms with Crippen molar-refractivity contribution < 1.29 is 0 Å². The van der Waals surface area contributed by atoms with Gasteiger partial charge in [-0.1, -0.05) is 196 Å². The maximum Gasteiger partial charge on any atom is 0.164 e. The minimum atomic E-state index is 0.279. The first-order chi connectivity index (χ1) is 32.0. The van der Waals surface area contributed by atoms with Gasteiger partial charge in [0.15, 0.2) is 17.5 Å². The zero-order valence-electron chi connectivity index (χ0n) is 36.4. The Bertz CT molecular complexity index is 3470. The zero-order valence-corrected chi connectivity index (χ0v) is 36.4. The van der Waals surface area contributed by atoms with Gasteiger partial charge in [0.05, 0.1) is 22.4 Å². The van der Waals surface area contributed by atoms with Crippen molar-refractivity contribution in [2.24, 2.45) is 5.92 Å². The molecular formula is C60H45N5. The van der Waals surface area contributed by atoms with Crippen LogP contribution in [0.2, 0.25) is 0 Å². The SMILES string of the molecule is CC1C=CC=C(c2ccc(-c3nc(-c4ccc(-c5ccccc5)cc4)nc(-c4ccc(-c5nc6c(c7c5c5ccccc5n7-c5ccccc5)C(C)Cc5ccccc5-6)cc4)n3)cc2)C1. The van der Waals surface area contributed by atoms with Gasteiger partial charge >= 0.3 is 0 Å². The molecule has 0 radical (unpaired) electrons. The van der Waals surface area contributed by atoms with Crippen LogP contribution >= 0.6 is 0 Å². The van der Waals surface area contributed by atoms with Crippen LogP contribution in [0.3, 0.4) is 0 Å². The fourth-order valence-corrected chi connectivity index (χ4v) is 10.0. The molecule has 0 saturated heterocycles. The smallest absolute Gasteiger partial charge is 0.164 e. The monoisotopic (exact) mass is 835 g/mol. The molecule has 0 spiro atoms. The largest absolute Gasteiger partial charge is 0.309 e. The molecule has 3 heterocycles. The molecule has 2 aliphatic rings.